The summed E-state index contributed by atoms with van der Waals surface area (Å²) >= 11 is 0. The molecule has 0 bridgehead atoms. The summed E-state index contributed by atoms with van der Waals surface area (Å²) in [6.45, 7) is 5.48. The van der Waals surface area contributed by atoms with E-state index in [0.717, 1.165) is 47.4 Å². The van der Waals surface area contributed by atoms with Gasteiger partial charge in [0, 0.05) is 43.7 Å². The number of benzene rings is 2. The highest BCUT2D eigenvalue weighted by Gasteiger charge is 2.47. The maximum atomic E-state index is 13.9. The molecule has 0 spiro atoms. The lowest BCUT2D eigenvalue weighted by atomic mass is 9.83. The van der Waals surface area contributed by atoms with Gasteiger partial charge in [0.1, 0.15) is 5.75 Å². The number of nitrogens with two attached hydrogens (primary N) is 1. The van der Waals surface area contributed by atoms with Crippen molar-refractivity contribution < 1.29 is 28.9 Å². The second-order valence-electron chi connectivity index (χ2n) is 11.0. The van der Waals surface area contributed by atoms with E-state index in [2.05, 4.69) is 17.9 Å². The number of nitrogens with zero attached hydrogens (tertiary/aromatic N) is 2. The van der Waals surface area contributed by atoms with Gasteiger partial charge in [0.15, 0.2) is 6.29 Å². The quantitative estimate of drug-likeness (QED) is 0.412. The van der Waals surface area contributed by atoms with Gasteiger partial charge in [-0.2, -0.15) is 0 Å². The summed E-state index contributed by atoms with van der Waals surface area (Å²) < 4.78 is 17.0. The third-order valence-electron chi connectivity index (χ3n) is 8.40. The molecule has 9 nitrogen and oxygen atoms in total. The normalized spacial score (nSPS) is 22.8. The third kappa shape index (κ3) is 6.33. The molecule has 2 fully saturated rings. The lowest BCUT2D eigenvalue weighted by Gasteiger charge is -2.30. The number of likely N-dealkylation sites (tertiary alicyclic amines) is 1. The molecule has 0 saturated carbocycles. The topological polar surface area (TPSA) is 115 Å². The number of hydrogen-bond donors (Lipinski definition) is 2. The van der Waals surface area contributed by atoms with Gasteiger partial charge in [-0.3, -0.25) is 14.5 Å². The van der Waals surface area contributed by atoms with Crippen LogP contribution >= 0.6 is 0 Å². The number of carbonyl (C=O) groups is 2. The lowest BCUT2D eigenvalue weighted by molar-refractivity contribution is -0.143. The summed E-state index contributed by atoms with van der Waals surface area (Å²) in [5.41, 5.74) is 9.78. The highest BCUT2D eigenvalue weighted by atomic mass is 16.7. The van der Waals surface area contributed by atoms with Crippen LogP contribution in [0.5, 0.6) is 5.75 Å². The van der Waals surface area contributed by atoms with E-state index in [9.17, 15) is 14.7 Å². The maximum absolute atomic E-state index is 13.9. The van der Waals surface area contributed by atoms with Crippen LogP contribution in [0.2, 0.25) is 0 Å². The SMILES string of the molecule is CCCCN(C(=O)CN1C[C@H](c2ccc3c(c2)CCO3)C(C(=O)O)[C@@H]1CCC1OCCO1)c1cccc(CN)c1. The number of carboxylic acid groups (broad SMARTS) is 1. The number of carbonyl (C=O) groups excluding carboxylic acids is 1. The van der Waals surface area contributed by atoms with E-state index in [4.69, 9.17) is 19.9 Å². The predicted molar refractivity (Wildman–Crippen MR) is 151 cm³/mol. The third-order valence-corrected chi connectivity index (χ3v) is 8.40. The largest absolute Gasteiger partial charge is 0.493 e. The molecule has 5 rings (SSSR count). The average molecular weight is 552 g/mol. The molecule has 2 aromatic rings. The van der Waals surface area contributed by atoms with E-state index in [0.29, 0.717) is 52.3 Å². The molecule has 3 aliphatic rings. The summed E-state index contributed by atoms with van der Waals surface area (Å²) in [6, 6.07) is 13.5. The number of aliphatic carboxylic acids is 1. The molecule has 0 aromatic heterocycles. The van der Waals surface area contributed by atoms with E-state index in [1.54, 1.807) is 0 Å². The second-order valence-corrected chi connectivity index (χ2v) is 11.0. The van der Waals surface area contributed by atoms with Gasteiger partial charge in [0.2, 0.25) is 5.91 Å². The van der Waals surface area contributed by atoms with Gasteiger partial charge in [-0.15, -0.1) is 0 Å². The molecule has 3 N–H and O–H groups in total. The first-order valence-corrected chi connectivity index (χ1v) is 14.5. The minimum atomic E-state index is -0.839. The molecule has 0 aliphatic carbocycles. The van der Waals surface area contributed by atoms with Crippen molar-refractivity contribution >= 4 is 17.6 Å². The van der Waals surface area contributed by atoms with Crippen LogP contribution in [-0.4, -0.2) is 73.7 Å². The summed E-state index contributed by atoms with van der Waals surface area (Å²) in [4.78, 5) is 30.6. The molecule has 3 heterocycles. The van der Waals surface area contributed by atoms with E-state index in [1.165, 1.54) is 0 Å². The Hall–Kier alpha value is -2.98. The van der Waals surface area contributed by atoms with Crippen LogP contribution in [0.15, 0.2) is 42.5 Å². The highest BCUT2D eigenvalue weighted by molar-refractivity contribution is 5.95. The van der Waals surface area contributed by atoms with E-state index in [-0.39, 0.29) is 30.7 Å². The van der Waals surface area contributed by atoms with Crippen molar-refractivity contribution in [1.82, 2.24) is 4.90 Å². The monoisotopic (exact) mass is 551 g/mol. The Balaban J connectivity index is 1.42. The first kappa shape index (κ1) is 28.5. The van der Waals surface area contributed by atoms with Gasteiger partial charge >= 0.3 is 5.97 Å². The van der Waals surface area contributed by atoms with Crippen LogP contribution in [0.25, 0.3) is 0 Å². The van der Waals surface area contributed by atoms with Crippen LogP contribution in [-0.2, 0) is 32.0 Å². The smallest absolute Gasteiger partial charge is 0.308 e. The molecular weight excluding hydrogens is 510 g/mol. The molecule has 9 heteroatoms. The van der Waals surface area contributed by atoms with Crippen LogP contribution < -0.4 is 15.4 Å². The number of fused-ring (bicyclic) bond motifs is 1. The van der Waals surface area contributed by atoms with E-state index >= 15 is 0 Å². The molecule has 2 aromatic carbocycles. The van der Waals surface area contributed by atoms with Gasteiger partial charge in [-0.1, -0.05) is 37.6 Å². The zero-order valence-electron chi connectivity index (χ0n) is 23.3. The molecule has 2 saturated heterocycles. The number of hydrogen-bond acceptors (Lipinski definition) is 7. The summed E-state index contributed by atoms with van der Waals surface area (Å²) in [5, 5.41) is 10.5. The summed E-state index contributed by atoms with van der Waals surface area (Å²) in [7, 11) is 0. The number of rotatable bonds is 12. The number of amides is 1. The number of anilines is 1. The molecule has 3 aliphatic heterocycles. The van der Waals surface area contributed by atoms with Crippen molar-refractivity contribution in [3.05, 3.63) is 59.2 Å². The number of ether oxygens (including phenoxy) is 3. The van der Waals surface area contributed by atoms with Crippen molar-refractivity contribution in [2.75, 3.05) is 44.4 Å². The van der Waals surface area contributed by atoms with Crippen molar-refractivity contribution in [2.45, 2.75) is 63.8 Å². The second kappa shape index (κ2) is 13.1. The Labute approximate surface area is 236 Å². The number of carboxylic acids is 1. The Morgan fingerprint density at radius 3 is 2.67 bits per heavy atom. The van der Waals surface area contributed by atoms with Crippen molar-refractivity contribution in [1.29, 1.82) is 0 Å². The fourth-order valence-corrected chi connectivity index (χ4v) is 6.33. The van der Waals surface area contributed by atoms with Gasteiger partial charge in [-0.05, 0) is 54.2 Å². The van der Waals surface area contributed by atoms with Crippen LogP contribution in [0, 0.1) is 5.92 Å². The summed E-state index contributed by atoms with van der Waals surface area (Å²) in [5.74, 6) is -0.893. The molecule has 1 amide bonds. The standard InChI is InChI=1S/C31H41N3O6/c1-2-3-12-34(24-6-4-5-21(16-24)18-32)28(35)20-33-19-25(22-7-9-27-23(17-22)11-13-38-27)30(31(36)37)26(33)8-10-29-39-14-15-40-29/h4-7,9,16-17,25-26,29-30H,2-3,8,10-15,18-20,32H2,1H3,(H,36,37)/t25-,26+,30?/m1/s1. The van der Waals surface area contributed by atoms with Gasteiger partial charge in [0.25, 0.3) is 0 Å². The first-order valence-electron chi connectivity index (χ1n) is 14.5. The maximum Gasteiger partial charge on any atom is 0.308 e. The minimum absolute atomic E-state index is 0.0341. The Morgan fingerprint density at radius 1 is 1.10 bits per heavy atom. The molecular formula is C31H41N3O6. The lowest BCUT2D eigenvalue weighted by Crippen LogP contribution is -2.44. The Morgan fingerprint density at radius 2 is 1.93 bits per heavy atom. The minimum Gasteiger partial charge on any atom is -0.493 e. The van der Waals surface area contributed by atoms with Crippen molar-refractivity contribution in [3.8, 4) is 5.75 Å². The molecule has 216 valence electrons. The average Bonchev–Trinajstić information content (AvgIpc) is 3.72. The Kier molecular flexibility index (Phi) is 9.36. The number of unbranched alkanes of at least 4 members (excludes halogenated alkanes) is 1. The van der Waals surface area contributed by atoms with Gasteiger partial charge in [-0.25, -0.2) is 0 Å². The predicted octanol–water partition coefficient (Wildman–Crippen LogP) is 3.54. The summed E-state index contributed by atoms with van der Waals surface area (Å²) in [6.07, 6.45) is 3.47. The molecule has 0 radical (unpaired) electrons. The highest BCUT2D eigenvalue weighted by Crippen LogP contribution is 2.41. The molecule has 3 atom stereocenters. The fourth-order valence-electron chi connectivity index (χ4n) is 6.33. The van der Waals surface area contributed by atoms with E-state index < -0.39 is 11.9 Å². The van der Waals surface area contributed by atoms with Crippen molar-refractivity contribution in [3.63, 3.8) is 0 Å². The molecule has 40 heavy (non-hydrogen) atoms. The van der Waals surface area contributed by atoms with Crippen molar-refractivity contribution in [2.24, 2.45) is 11.7 Å². The zero-order chi connectivity index (χ0) is 28.1. The Bertz CT molecular complexity index is 1180. The van der Waals surface area contributed by atoms with Crippen LogP contribution in [0.4, 0.5) is 5.69 Å². The molecule has 1 unspecified atom stereocenters. The van der Waals surface area contributed by atoms with Gasteiger partial charge < -0.3 is 30.0 Å². The first-order chi connectivity index (χ1) is 19.5. The van der Waals surface area contributed by atoms with E-state index in [1.807, 2.05) is 41.3 Å². The fraction of sp³-hybridized carbons (Fsp3) is 0.548. The van der Waals surface area contributed by atoms with Gasteiger partial charge in [0.05, 0.1) is 32.3 Å². The zero-order valence-corrected chi connectivity index (χ0v) is 23.3. The van der Waals surface area contributed by atoms with Crippen LogP contribution in [0.1, 0.15) is 55.2 Å². The van der Waals surface area contributed by atoms with Crippen LogP contribution in [0.3, 0.4) is 0 Å².